The topological polar surface area (TPSA) is 122 Å². The number of hydrogen-bond acceptors (Lipinski definition) is 7. The highest BCUT2D eigenvalue weighted by Gasteiger charge is 2.57. The molecular formula is C26H30F3N5O4S. The Bertz CT molecular complexity index is 1510. The first-order chi connectivity index (χ1) is 18.0. The predicted octanol–water partition coefficient (Wildman–Crippen LogP) is 4.92. The van der Waals surface area contributed by atoms with E-state index >= 15 is 4.39 Å². The van der Waals surface area contributed by atoms with Crippen molar-refractivity contribution in [3.63, 3.8) is 0 Å². The number of aromatic nitrogens is 1. The van der Waals surface area contributed by atoms with Crippen LogP contribution in [0.2, 0.25) is 0 Å². The summed E-state index contributed by atoms with van der Waals surface area (Å²) < 4.78 is 65.7. The summed E-state index contributed by atoms with van der Waals surface area (Å²) in [5.74, 6) is -3.75. The van der Waals surface area contributed by atoms with Gasteiger partial charge >= 0.3 is 6.09 Å². The smallest absolute Gasteiger partial charge is 0.413 e. The molecule has 0 spiro atoms. The lowest BCUT2D eigenvalue weighted by Crippen LogP contribution is -2.60. The van der Waals surface area contributed by atoms with Crippen LogP contribution in [0.25, 0.3) is 0 Å². The number of nitrogens with zero attached hydrogens (tertiary/aromatic N) is 3. The first kappa shape index (κ1) is 28.5. The van der Waals surface area contributed by atoms with Crippen LogP contribution in [0.4, 0.5) is 23.7 Å². The van der Waals surface area contributed by atoms with Crippen molar-refractivity contribution in [3.05, 3.63) is 59.2 Å². The normalized spacial score (nSPS) is 25.7. The van der Waals surface area contributed by atoms with Crippen LogP contribution in [0.5, 0.6) is 0 Å². The number of amides is 2. The van der Waals surface area contributed by atoms with Crippen LogP contribution in [0.15, 0.2) is 39.8 Å². The van der Waals surface area contributed by atoms with E-state index in [0.717, 1.165) is 6.07 Å². The van der Waals surface area contributed by atoms with Gasteiger partial charge in [0.15, 0.2) is 11.5 Å². The van der Waals surface area contributed by atoms with Gasteiger partial charge < -0.3 is 10.1 Å². The van der Waals surface area contributed by atoms with Crippen molar-refractivity contribution in [2.75, 3.05) is 11.9 Å². The van der Waals surface area contributed by atoms with E-state index in [-0.39, 0.29) is 23.6 Å². The van der Waals surface area contributed by atoms with E-state index in [9.17, 15) is 22.6 Å². The van der Waals surface area contributed by atoms with Crippen LogP contribution in [-0.4, -0.2) is 49.2 Å². The molecule has 0 aliphatic carbocycles. The number of rotatable bonds is 3. The van der Waals surface area contributed by atoms with Crippen molar-refractivity contribution in [2.45, 2.75) is 69.1 Å². The monoisotopic (exact) mass is 565 g/mol. The van der Waals surface area contributed by atoms with Gasteiger partial charge in [-0.1, -0.05) is 0 Å². The molecule has 0 radical (unpaired) electrons. The maximum absolute atomic E-state index is 15.4. The Balaban J connectivity index is 1.78. The molecule has 0 fully saturated rings. The number of alkyl carbamates (subject to hydrolysis) is 1. The molecule has 0 saturated carbocycles. The SMILES string of the molecule is CC(C)(C)OC(=O)NC1=N[C@](C)(c2cc(NC(=O)c3ncc(F)cc3F)ccc2F)[C@@H]2CCN=[S@]2(=O)C1(C)C. The number of pyridine rings is 1. The summed E-state index contributed by atoms with van der Waals surface area (Å²) >= 11 is 0. The Morgan fingerprint density at radius 3 is 2.41 bits per heavy atom. The van der Waals surface area contributed by atoms with E-state index in [4.69, 9.17) is 9.73 Å². The lowest BCUT2D eigenvalue weighted by molar-refractivity contribution is 0.0560. The Morgan fingerprint density at radius 1 is 1.08 bits per heavy atom. The summed E-state index contributed by atoms with van der Waals surface area (Å²) in [5.41, 5.74) is -2.87. The molecule has 2 aromatic rings. The Labute approximate surface area is 224 Å². The number of carbonyl (C=O) groups excluding carboxylic acids is 2. The van der Waals surface area contributed by atoms with Gasteiger partial charge in [-0.25, -0.2) is 31.5 Å². The van der Waals surface area contributed by atoms with E-state index in [0.29, 0.717) is 18.7 Å². The summed E-state index contributed by atoms with van der Waals surface area (Å²) in [6.07, 6.45) is 0.238. The maximum atomic E-state index is 15.4. The van der Waals surface area contributed by atoms with Gasteiger partial charge in [0.05, 0.1) is 21.2 Å². The largest absolute Gasteiger partial charge is 0.444 e. The Kier molecular flexibility index (Phi) is 7.03. The second-order valence-corrected chi connectivity index (χ2v) is 14.1. The van der Waals surface area contributed by atoms with Gasteiger partial charge in [0.25, 0.3) is 5.91 Å². The predicted molar refractivity (Wildman–Crippen MR) is 141 cm³/mol. The minimum Gasteiger partial charge on any atom is -0.444 e. The summed E-state index contributed by atoms with van der Waals surface area (Å²) in [7, 11) is -3.10. The molecule has 2 aliphatic rings. The summed E-state index contributed by atoms with van der Waals surface area (Å²) in [4.78, 5) is 33.5. The number of halogens is 3. The molecule has 0 saturated heterocycles. The first-order valence-electron chi connectivity index (χ1n) is 12.2. The molecule has 3 heterocycles. The lowest BCUT2D eigenvalue weighted by Gasteiger charge is -2.45. The number of amidine groups is 1. The second-order valence-electron chi connectivity index (χ2n) is 11.1. The molecular weight excluding hydrogens is 535 g/mol. The first-order valence-corrected chi connectivity index (χ1v) is 13.8. The van der Waals surface area contributed by atoms with Crippen LogP contribution in [0, 0.1) is 17.5 Å². The molecule has 1 aromatic heterocycles. The highest BCUT2D eigenvalue weighted by atomic mass is 32.2. The minimum atomic E-state index is -3.10. The molecule has 2 aliphatic heterocycles. The molecule has 0 unspecified atom stereocenters. The minimum absolute atomic E-state index is 0.0124. The zero-order valence-corrected chi connectivity index (χ0v) is 23.2. The number of ether oxygens (including phenoxy) is 1. The van der Waals surface area contributed by atoms with Gasteiger partial charge in [0.2, 0.25) is 0 Å². The quantitative estimate of drug-likeness (QED) is 0.547. The van der Waals surface area contributed by atoms with Crippen molar-refractivity contribution in [1.29, 1.82) is 0 Å². The van der Waals surface area contributed by atoms with E-state index in [1.165, 1.54) is 12.1 Å². The number of nitrogens with one attached hydrogen (secondary N) is 2. The van der Waals surface area contributed by atoms with Crippen molar-refractivity contribution >= 4 is 33.3 Å². The number of aliphatic imine (C=N–C) groups is 1. The van der Waals surface area contributed by atoms with Crippen LogP contribution in [0.3, 0.4) is 0 Å². The highest BCUT2D eigenvalue weighted by Crippen LogP contribution is 2.48. The van der Waals surface area contributed by atoms with Crippen LogP contribution in [0.1, 0.15) is 64.0 Å². The average molecular weight is 566 g/mol. The molecule has 3 atom stereocenters. The molecule has 39 heavy (non-hydrogen) atoms. The summed E-state index contributed by atoms with van der Waals surface area (Å²) in [5, 5.41) is 4.32. The maximum Gasteiger partial charge on any atom is 0.413 e. The van der Waals surface area contributed by atoms with Gasteiger partial charge in [0.1, 0.15) is 33.4 Å². The fourth-order valence-electron chi connectivity index (χ4n) is 4.82. The van der Waals surface area contributed by atoms with Crippen molar-refractivity contribution in [1.82, 2.24) is 10.3 Å². The molecule has 13 heteroatoms. The van der Waals surface area contributed by atoms with Crippen LogP contribution < -0.4 is 10.6 Å². The second kappa shape index (κ2) is 9.61. The summed E-state index contributed by atoms with van der Waals surface area (Å²) in [6.45, 7) is 10.2. The van der Waals surface area contributed by atoms with Gasteiger partial charge in [-0.3, -0.25) is 15.1 Å². The average Bonchev–Trinajstić information content (AvgIpc) is 3.22. The Hall–Kier alpha value is -3.48. The van der Waals surface area contributed by atoms with E-state index < -0.39 is 66.0 Å². The van der Waals surface area contributed by atoms with E-state index in [1.807, 2.05) is 0 Å². The molecule has 4 rings (SSSR count). The number of fused-ring (bicyclic) bond motifs is 1. The number of carbonyl (C=O) groups is 2. The number of benzene rings is 1. The molecule has 0 bridgehead atoms. The fourth-order valence-corrected chi connectivity index (χ4v) is 8.01. The third-order valence-electron chi connectivity index (χ3n) is 6.74. The highest BCUT2D eigenvalue weighted by molar-refractivity contribution is 7.96. The zero-order chi connectivity index (χ0) is 29.0. The fraction of sp³-hybridized carbons (Fsp3) is 0.462. The van der Waals surface area contributed by atoms with Crippen molar-refractivity contribution < 1.29 is 31.7 Å². The van der Waals surface area contributed by atoms with E-state index in [1.54, 1.807) is 41.5 Å². The molecule has 2 N–H and O–H groups in total. The zero-order valence-electron chi connectivity index (χ0n) is 22.4. The van der Waals surface area contributed by atoms with Gasteiger partial charge in [-0.15, -0.1) is 0 Å². The van der Waals surface area contributed by atoms with E-state index in [2.05, 4.69) is 20.0 Å². The molecule has 1 aromatic carbocycles. The molecule has 210 valence electrons. The lowest BCUT2D eigenvalue weighted by atomic mass is 9.85. The van der Waals surface area contributed by atoms with Crippen LogP contribution >= 0.6 is 0 Å². The number of anilines is 1. The standard InChI is InChI=1S/C26H30F3N5O4S/c1-24(2,3)38-23(36)33-22-25(4,5)39(37)19(9-10-31-39)26(6,34-22)16-12-15(7-8-17(16)28)32-21(35)20-18(29)11-14(27)13-30-20/h7-8,11-13,19H,9-10H2,1-6H3,(H,32,35)(H,33,34,36)/t19-,26+,39+/m0/s1. The molecule has 2 amide bonds. The number of hydrogen-bond donors (Lipinski definition) is 2. The summed E-state index contributed by atoms with van der Waals surface area (Å²) in [6, 6.07) is 4.18. The molecule has 9 nitrogen and oxygen atoms in total. The third-order valence-corrected chi connectivity index (χ3v) is 10.4. The van der Waals surface area contributed by atoms with Crippen molar-refractivity contribution in [2.24, 2.45) is 9.36 Å². The van der Waals surface area contributed by atoms with Crippen molar-refractivity contribution in [3.8, 4) is 0 Å². The van der Waals surface area contributed by atoms with Crippen LogP contribution in [-0.2, 0) is 20.0 Å². The third kappa shape index (κ3) is 5.11. The van der Waals surface area contributed by atoms with Gasteiger partial charge in [-0.2, -0.15) is 0 Å². The Morgan fingerprint density at radius 2 is 1.77 bits per heavy atom. The van der Waals surface area contributed by atoms with Gasteiger partial charge in [0, 0.05) is 23.9 Å². The van der Waals surface area contributed by atoms with Gasteiger partial charge in [-0.05, 0) is 66.2 Å².